The van der Waals surface area contributed by atoms with Gasteiger partial charge in [-0.15, -0.1) is 21.5 Å². The number of rotatable bonds is 6. The third-order valence-electron chi connectivity index (χ3n) is 3.99. The number of thiazole rings is 1. The van der Waals surface area contributed by atoms with Gasteiger partial charge in [0.05, 0.1) is 5.69 Å². The zero-order chi connectivity index (χ0) is 19.3. The molecular formula is C20H17N5O2S. The fraction of sp³-hybridized carbons (Fsp3) is 0.150. The summed E-state index contributed by atoms with van der Waals surface area (Å²) in [4.78, 5) is 17.8. The first kappa shape index (κ1) is 18.0. The Kier molecular flexibility index (Phi) is 5.20. The largest absolute Gasteiger partial charge is 0.458 e. The standard InChI is InChI=1S/C20H17N5O2S/c1-14-7-9-15(10-8-14)19-22-24-25(23-19)11-18(26)27-12-17-13-28-20(21-17)16-5-3-2-4-6-16/h2-10,13H,11-12H2,1H3. The minimum atomic E-state index is -0.442. The second-order valence-electron chi connectivity index (χ2n) is 6.18. The van der Waals surface area contributed by atoms with Gasteiger partial charge in [-0.25, -0.2) is 9.78 Å². The number of carbonyl (C=O) groups is 1. The van der Waals surface area contributed by atoms with Gasteiger partial charge in [-0.1, -0.05) is 60.2 Å². The van der Waals surface area contributed by atoms with E-state index >= 15 is 0 Å². The van der Waals surface area contributed by atoms with Gasteiger partial charge < -0.3 is 4.74 Å². The third kappa shape index (κ3) is 4.29. The zero-order valence-corrected chi connectivity index (χ0v) is 16.0. The molecule has 0 saturated carbocycles. The Bertz CT molecular complexity index is 1070. The molecule has 4 aromatic rings. The van der Waals surface area contributed by atoms with Crippen LogP contribution in [0, 0.1) is 6.92 Å². The molecule has 7 nitrogen and oxygen atoms in total. The number of hydrogen-bond donors (Lipinski definition) is 0. The molecular weight excluding hydrogens is 374 g/mol. The molecule has 8 heteroatoms. The lowest BCUT2D eigenvalue weighted by molar-refractivity contribution is -0.146. The molecule has 4 rings (SSSR count). The van der Waals surface area contributed by atoms with Crippen molar-refractivity contribution in [3.05, 3.63) is 71.2 Å². The third-order valence-corrected chi connectivity index (χ3v) is 4.93. The fourth-order valence-electron chi connectivity index (χ4n) is 2.53. The Morgan fingerprint density at radius 3 is 2.64 bits per heavy atom. The number of esters is 1. The Balaban J connectivity index is 1.33. The van der Waals surface area contributed by atoms with Gasteiger partial charge >= 0.3 is 5.97 Å². The van der Waals surface area contributed by atoms with Crippen molar-refractivity contribution in [1.29, 1.82) is 0 Å². The molecule has 0 fully saturated rings. The van der Waals surface area contributed by atoms with E-state index in [-0.39, 0.29) is 13.2 Å². The first-order valence-electron chi connectivity index (χ1n) is 8.68. The Morgan fingerprint density at radius 2 is 1.86 bits per heavy atom. The molecule has 0 bridgehead atoms. The number of ether oxygens (including phenoxy) is 1. The first-order valence-corrected chi connectivity index (χ1v) is 9.55. The second kappa shape index (κ2) is 8.10. The molecule has 2 heterocycles. The van der Waals surface area contributed by atoms with E-state index in [0.717, 1.165) is 21.7 Å². The van der Waals surface area contributed by atoms with Crippen LogP contribution < -0.4 is 0 Å². The summed E-state index contributed by atoms with van der Waals surface area (Å²) in [7, 11) is 0. The Morgan fingerprint density at radius 1 is 1.07 bits per heavy atom. The van der Waals surface area contributed by atoms with E-state index < -0.39 is 5.97 Å². The van der Waals surface area contributed by atoms with Gasteiger partial charge in [-0.05, 0) is 12.1 Å². The number of benzene rings is 2. The molecule has 2 aromatic carbocycles. The molecule has 0 amide bonds. The maximum absolute atomic E-state index is 12.1. The number of aryl methyl sites for hydroxylation is 1. The monoisotopic (exact) mass is 391 g/mol. The van der Waals surface area contributed by atoms with Gasteiger partial charge in [0.2, 0.25) is 5.82 Å². The predicted molar refractivity (Wildman–Crippen MR) is 105 cm³/mol. The van der Waals surface area contributed by atoms with Crippen LogP contribution in [0.25, 0.3) is 22.0 Å². The van der Waals surface area contributed by atoms with Gasteiger partial charge in [0.25, 0.3) is 0 Å². The summed E-state index contributed by atoms with van der Waals surface area (Å²) >= 11 is 1.52. The highest BCUT2D eigenvalue weighted by Crippen LogP contribution is 2.23. The number of hydrogen-bond acceptors (Lipinski definition) is 7. The summed E-state index contributed by atoms with van der Waals surface area (Å²) < 4.78 is 5.29. The van der Waals surface area contributed by atoms with E-state index in [4.69, 9.17) is 4.74 Å². The topological polar surface area (TPSA) is 82.8 Å². The molecule has 0 saturated heterocycles. The summed E-state index contributed by atoms with van der Waals surface area (Å²) in [6, 6.07) is 17.7. The molecule has 2 aromatic heterocycles. The van der Waals surface area contributed by atoms with E-state index in [1.165, 1.54) is 16.1 Å². The van der Waals surface area contributed by atoms with Crippen LogP contribution in [0.15, 0.2) is 60.0 Å². The molecule has 0 N–H and O–H groups in total. The Hall–Kier alpha value is -3.39. The molecule has 0 spiro atoms. The Labute approximate surface area is 165 Å². The minimum absolute atomic E-state index is 0.103. The van der Waals surface area contributed by atoms with Crippen LogP contribution in [-0.4, -0.2) is 31.2 Å². The van der Waals surface area contributed by atoms with Crippen LogP contribution in [0.5, 0.6) is 0 Å². The number of tetrazole rings is 1. The molecule has 0 aliphatic rings. The molecule has 28 heavy (non-hydrogen) atoms. The van der Waals surface area contributed by atoms with Crippen LogP contribution in [0.3, 0.4) is 0 Å². The summed E-state index contributed by atoms with van der Waals surface area (Å²) in [5, 5.41) is 14.9. The average molecular weight is 391 g/mol. The van der Waals surface area contributed by atoms with Crippen LogP contribution in [0.2, 0.25) is 0 Å². The highest BCUT2D eigenvalue weighted by Gasteiger charge is 2.12. The highest BCUT2D eigenvalue weighted by atomic mass is 32.1. The van der Waals surface area contributed by atoms with E-state index in [1.54, 1.807) is 0 Å². The van der Waals surface area contributed by atoms with E-state index in [1.807, 2.05) is 66.9 Å². The van der Waals surface area contributed by atoms with E-state index in [2.05, 4.69) is 20.4 Å². The SMILES string of the molecule is Cc1ccc(-c2nnn(CC(=O)OCc3csc(-c4ccccc4)n3)n2)cc1. The summed E-state index contributed by atoms with van der Waals surface area (Å²) in [5.74, 6) is 0.0296. The smallest absolute Gasteiger partial charge is 0.330 e. The van der Waals surface area contributed by atoms with E-state index in [9.17, 15) is 4.79 Å². The van der Waals surface area contributed by atoms with Crippen molar-refractivity contribution in [2.75, 3.05) is 0 Å². The van der Waals surface area contributed by atoms with Crippen molar-refractivity contribution < 1.29 is 9.53 Å². The van der Waals surface area contributed by atoms with E-state index in [0.29, 0.717) is 11.5 Å². The predicted octanol–water partition coefficient (Wildman–Crippen LogP) is 3.52. The molecule has 140 valence electrons. The van der Waals surface area contributed by atoms with Gasteiger partial charge in [0.1, 0.15) is 11.6 Å². The van der Waals surface area contributed by atoms with Crippen LogP contribution >= 0.6 is 11.3 Å². The number of aromatic nitrogens is 5. The molecule has 0 aliphatic heterocycles. The van der Waals surface area contributed by atoms with Crippen molar-refractivity contribution in [1.82, 2.24) is 25.2 Å². The molecule has 0 atom stereocenters. The fourth-order valence-corrected chi connectivity index (χ4v) is 3.34. The van der Waals surface area contributed by atoms with Gasteiger partial charge in [-0.2, -0.15) is 4.80 Å². The van der Waals surface area contributed by atoms with Crippen molar-refractivity contribution >= 4 is 17.3 Å². The number of nitrogens with zero attached hydrogens (tertiary/aromatic N) is 5. The number of carbonyl (C=O) groups excluding carboxylic acids is 1. The van der Waals surface area contributed by atoms with Crippen molar-refractivity contribution in [3.8, 4) is 22.0 Å². The average Bonchev–Trinajstić information content (AvgIpc) is 3.37. The van der Waals surface area contributed by atoms with Crippen LogP contribution in [0.1, 0.15) is 11.3 Å². The molecule has 0 unspecified atom stereocenters. The van der Waals surface area contributed by atoms with Gasteiger partial charge in [-0.3, -0.25) is 0 Å². The quantitative estimate of drug-likeness (QED) is 0.468. The maximum atomic E-state index is 12.1. The lowest BCUT2D eigenvalue weighted by atomic mass is 10.1. The molecule has 0 radical (unpaired) electrons. The lowest BCUT2D eigenvalue weighted by Crippen LogP contribution is -2.15. The lowest BCUT2D eigenvalue weighted by Gasteiger charge is -2.01. The van der Waals surface area contributed by atoms with Gasteiger partial charge in [0.15, 0.2) is 6.54 Å². The summed E-state index contributed by atoms with van der Waals surface area (Å²) in [6.45, 7) is 2.02. The van der Waals surface area contributed by atoms with Crippen LogP contribution in [0.4, 0.5) is 0 Å². The zero-order valence-electron chi connectivity index (χ0n) is 15.1. The first-order chi connectivity index (χ1) is 13.7. The normalized spacial score (nSPS) is 10.8. The highest BCUT2D eigenvalue weighted by molar-refractivity contribution is 7.13. The summed E-state index contributed by atoms with van der Waals surface area (Å²) in [5.41, 5.74) is 3.75. The van der Waals surface area contributed by atoms with Crippen molar-refractivity contribution in [2.24, 2.45) is 0 Å². The van der Waals surface area contributed by atoms with Crippen molar-refractivity contribution in [3.63, 3.8) is 0 Å². The van der Waals surface area contributed by atoms with Crippen LogP contribution in [-0.2, 0) is 22.7 Å². The van der Waals surface area contributed by atoms with Crippen molar-refractivity contribution in [2.45, 2.75) is 20.1 Å². The molecule has 0 aliphatic carbocycles. The maximum Gasteiger partial charge on any atom is 0.330 e. The van der Waals surface area contributed by atoms with Gasteiger partial charge in [0, 0.05) is 16.5 Å². The minimum Gasteiger partial charge on any atom is -0.458 e. The summed E-state index contributed by atoms with van der Waals surface area (Å²) in [6.07, 6.45) is 0. The second-order valence-corrected chi connectivity index (χ2v) is 7.04.